The first kappa shape index (κ1) is 10.4. The van der Waals surface area contributed by atoms with E-state index in [-0.39, 0.29) is 0 Å². The van der Waals surface area contributed by atoms with E-state index in [1.54, 1.807) is 0 Å². The lowest BCUT2D eigenvalue weighted by Gasteiger charge is -2.47. The summed E-state index contributed by atoms with van der Waals surface area (Å²) in [5, 5.41) is 3.38. The average Bonchev–Trinajstić information content (AvgIpc) is 2.00. The van der Waals surface area contributed by atoms with Crippen LogP contribution in [0.1, 0.15) is 39.5 Å². The Morgan fingerprint density at radius 3 is 2.79 bits per heavy atom. The Labute approximate surface area is 88.1 Å². The monoisotopic (exact) mass is 196 g/mol. The van der Waals surface area contributed by atoms with Crippen LogP contribution in [0.5, 0.6) is 0 Å². The van der Waals surface area contributed by atoms with E-state index >= 15 is 0 Å². The number of piperidine rings is 1. The van der Waals surface area contributed by atoms with E-state index in [0.29, 0.717) is 5.41 Å². The van der Waals surface area contributed by atoms with Crippen molar-refractivity contribution in [1.29, 1.82) is 0 Å². The maximum absolute atomic E-state index is 3.38. The lowest BCUT2D eigenvalue weighted by Crippen LogP contribution is -2.60. The predicted octanol–water partition coefficient (Wildman–Crippen LogP) is 1.86. The summed E-state index contributed by atoms with van der Waals surface area (Å²) in [6, 6.07) is 0.853. The molecular weight excluding hydrogens is 172 g/mol. The van der Waals surface area contributed by atoms with Gasteiger partial charge in [0.1, 0.15) is 0 Å². The number of likely N-dealkylation sites (tertiary alicyclic amines) is 1. The van der Waals surface area contributed by atoms with E-state index in [2.05, 4.69) is 24.1 Å². The van der Waals surface area contributed by atoms with Crippen molar-refractivity contribution in [3.63, 3.8) is 0 Å². The second-order valence-electron chi connectivity index (χ2n) is 5.45. The van der Waals surface area contributed by atoms with Crippen LogP contribution in [0.3, 0.4) is 0 Å². The zero-order valence-corrected chi connectivity index (χ0v) is 9.68. The van der Waals surface area contributed by atoms with Crippen LogP contribution < -0.4 is 5.32 Å². The molecule has 0 saturated carbocycles. The molecule has 0 aromatic heterocycles. The average molecular weight is 196 g/mol. The summed E-state index contributed by atoms with van der Waals surface area (Å²) in [4.78, 5) is 2.72. The molecule has 2 saturated heterocycles. The van der Waals surface area contributed by atoms with Crippen LogP contribution in [0.25, 0.3) is 0 Å². The minimum absolute atomic E-state index is 0.614. The molecule has 0 spiro atoms. The molecule has 2 fully saturated rings. The Hall–Kier alpha value is -0.0800. The summed E-state index contributed by atoms with van der Waals surface area (Å²) < 4.78 is 0. The van der Waals surface area contributed by atoms with Gasteiger partial charge in [0, 0.05) is 25.7 Å². The van der Waals surface area contributed by atoms with Crippen LogP contribution in [-0.4, -0.2) is 37.1 Å². The van der Waals surface area contributed by atoms with Crippen molar-refractivity contribution in [2.45, 2.75) is 45.6 Å². The van der Waals surface area contributed by atoms with Crippen LogP contribution in [0.2, 0.25) is 0 Å². The summed E-state index contributed by atoms with van der Waals surface area (Å²) in [6.07, 6.45) is 5.60. The Kier molecular flexibility index (Phi) is 3.13. The van der Waals surface area contributed by atoms with Crippen molar-refractivity contribution in [2.24, 2.45) is 5.41 Å². The molecule has 1 N–H and O–H groups in total. The highest BCUT2D eigenvalue weighted by molar-refractivity contribution is 4.91. The molecule has 1 unspecified atom stereocenters. The summed E-state index contributed by atoms with van der Waals surface area (Å²) in [5.41, 5.74) is 0.614. The number of hydrogen-bond donors (Lipinski definition) is 1. The molecule has 0 radical (unpaired) electrons. The minimum Gasteiger partial charge on any atom is -0.314 e. The van der Waals surface area contributed by atoms with E-state index < -0.39 is 0 Å². The van der Waals surface area contributed by atoms with Crippen molar-refractivity contribution in [3.05, 3.63) is 0 Å². The lowest BCUT2D eigenvalue weighted by molar-refractivity contribution is 0.0411. The van der Waals surface area contributed by atoms with Crippen molar-refractivity contribution < 1.29 is 0 Å². The minimum atomic E-state index is 0.614. The van der Waals surface area contributed by atoms with Crippen LogP contribution in [0.15, 0.2) is 0 Å². The number of rotatable bonds is 3. The quantitative estimate of drug-likeness (QED) is 0.741. The van der Waals surface area contributed by atoms with Crippen molar-refractivity contribution in [3.8, 4) is 0 Å². The lowest BCUT2D eigenvalue weighted by atomic mass is 9.77. The zero-order chi connectivity index (χ0) is 10.0. The van der Waals surface area contributed by atoms with Crippen molar-refractivity contribution >= 4 is 0 Å². The fraction of sp³-hybridized carbons (Fsp3) is 1.00. The maximum Gasteiger partial charge on any atom is 0.0345 e. The fourth-order valence-electron chi connectivity index (χ4n) is 3.01. The van der Waals surface area contributed by atoms with Gasteiger partial charge < -0.3 is 5.32 Å². The van der Waals surface area contributed by atoms with Crippen LogP contribution in [0.4, 0.5) is 0 Å². The Morgan fingerprint density at radius 1 is 1.43 bits per heavy atom. The van der Waals surface area contributed by atoms with E-state index in [0.717, 1.165) is 6.04 Å². The molecule has 2 aliphatic rings. The molecule has 0 bridgehead atoms. The molecule has 2 rings (SSSR count). The zero-order valence-electron chi connectivity index (χ0n) is 9.68. The van der Waals surface area contributed by atoms with Gasteiger partial charge in [0.15, 0.2) is 0 Å². The topological polar surface area (TPSA) is 15.3 Å². The molecule has 2 aliphatic heterocycles. The van der Waals surface area contributed by atoms with Gasteiger partial charge in [-0.25, -0.2) is 0 Å². The van der Waals surface area contributed by atoms with Crippen molar-refractivity contribution in [1.82, 2.24) is 10.2 Å². The van der Waals surface area contributed by atoms with Crippen molar-refractivity contribution in [2.75, 3.05) is 26.2 Å². The number of nitrogens with zero attached hydrogens (tertiary/aromatic N) is 1. The summed E-state index contributed by atoms with van der Waals surface area (Å²) >= 11 is 0. The highest BCUT2D eigenvalue weighted by atomic mass is 15.2. The molecule has 82 valence electrons. The predicted molar refractivity (Wildman–Crippen MR) is 60.5 cm³/mol. The van der Waals surface area contributed by atoms with Gasteiger partial charge in [-0.05, 0) is 31.2 Å². The van der Waals surface area contributed by atoms with Gasteiger partial charge in [-0.2, -0.15) is 0 Å². The Balaban J connectivity index is 1.88. The first-order chi connectivity index (χ1) is 6.73. The van der Waals surface area contributed by atoms with Gasteiger partial charge in [0.25, 0.3) is 0 Å². The summed E-state index contributed by atoms with van der Waals surface area (Å²) in [5.74, 6) is 0. The molecule has 1 atom stereocenters. The van der Waals surface area contributed by atoms with Gasteiger partial charge in [0.2, 0.25) is 0 Å². The normalized spacial score (nSPS) is 35.6. The number of hydrogen-bond acceptors (Lipinski definition) is 2. The molecule has 0 aromatic rings. The highest BCUT2D eigenvalue weighted by Gasteiger charge is 2.34. The second-order valence-corrected chi connectivity index (χ2v) is 5.45. The Morgan fingerprint density at radius 2 is 2.21 bits per heavy atom. The SMILES string of the molecule is CCCC1(C)CCCN(C2CNC2)C1. The molecule has 2 heterocycles. The van der Waals surface area contributed by atoms with Gasteiger partial charge in [-0.3, -0.25) is 4.90 Å². The largest absolute Gasteiger partial charge is 0.314 e. The smallest absolute Gasteiger partial charge is 0.0345 e. The first-order valence-corrected chi connectivity index (χ1v) is 6.18. The summed E-state index contributed by atoms with van der Waals surface area (Å²) in [7, 11) is 0. The molecule has 2 heteroatoms. The van der Waals surface area contributed by atoms with Gasteiger partial charge >= 0.3 is 0 Å². The fourth-order valence-corrected chi connectivity index (χ4v) is 3.01. The van der Waals surface area contributed by atoms with Gasteiger partial charge in [-0.1, -0.05) is 20.3 Å². The van der Waals surface area contributed by atoms with Crippen LogP contribution in [-0.2, 0) is 0 Å². The highest BCUT2D eigenvalue weighted by Crippen LogP contribution is 2.34. The molecule has 0 amide bonds. The molecule has 0 aromatic carbocycles. The number of nitrogens with one attached hydrogen (secondary N) is 1. The molecule has 2 nitrogen and oxygen atoms in total. The Bertz CT molecular complexity index is 185. The third-order valence-electron chi connectivity index (χ3n) is 3.94. The van der Waals surface area contributed by atoms with E-state index in [1.165, 1.54) is 51.9 Å². The third kappa shape index (κ3) is 2.12. The summed E-state index contributed by atoms with van der Waals surface area (Å²) in [6.45, 7) is 9.92. The van der Waals surface area contributed by atoms with E-state index in [4.69, 9.17) is 0 Å². The third-order valence-corrected chi connectivity index (χ3v) is 3.94. The van der Waals surface area contributed by atoms with E-state index in [1.807, 2.05) is 0 Å². The van der Waals surface area contributed by atoms with Gasteiger partial charge in [0.05, 0.1) is 0 Å². The van der Waals surface area contributed by atoms with E-state index in [9.17, 15) is 0 Å². The standard InChI is InChI=1S/C12H24N2/c1-3-5-12(2)6-4-7-14(10-12)11-8-13-9-11/h11,13H,3-10H2,1-2H3. The van der Waals surface area contributed by atoms with Crippen LogP contribution in [0, 0.1) is 5.41 Å². The van der Waals surface area contributed by atoms with Gasteiger partial charge in [-0.15, -0.1) is 0 Å². The maximum atomic E-state index is 3.38. The second kappa shape index (κ2) is 4.19. The molecule has 0 aliphatic carbocycles. The van der Waals surface area contributed by atoms with Crippen LogP contribution >= 0.6 is 0 Å². The first-order valence-electron chi connectivity index (χ1n) is 6.18. The molecule has 14 heavy (non-hydrogen) atoms. The molecular formula is C12H24N2.